The Balaban J connectivity index is 1.86. The van der Waals surface area contributed by atoms with E-state index < -0.39 is 0 Å². The lowest BCUT2D eigenvalue weighted by Gasteiger charge is -2.39. The first-order chi connectivity index (χ1) is 9.51. The van der Waals surface area contributed by atoms with E-state index >= 15 is 0 Å². The molecule has 0 aliphatic carbocycles. The first-order valence-corrected chi connectivity index (χ1v) is 7.46. The van der Waals surface area contributed by atoms with Crippen LogP contribution in [0.1, 0.15) is 39.2 Å². The third-order valence-corrected chi connectivity index (χ3v) is 4.34. The molecule has 110 valence electrons. The molecule has 0 aromatic heterocycles. The number of piperidine rings is 1. The molecule has 0 atom stereocenters. The third kappa shape index (κ3) is 3.60. The highest BCUT2D eigenvalue weighted by molar-refractivity contribution is 5.76. The monoisotopic (exact) mass is 275 g/mol. The predicted octanol–water partition coefficient (Wildman–Crippen LogP) is 3.24. The number of rotatable bonds is 4. The number of hydrogen-bond acceptors (Lipinski definition) is 3. The van der Waals surface area contributed by atoms with Crippen LogP contribution in [0.2, 0.25) is 0 Å². The normalized spacial score (nSPS) is 19.0. The summed E-state index contributed by atoms with van der Waals surface area (Å²) in [6.45, 7) is 8.79. The van der Waals surface area contributed by atoms with Crippen molar-refractivity contribution >= 4 is 5.97 Å². The molecule has 3 heteroatoms. The van der Waals surface area contributed by atoms with E-state index in [2.05, 4.69) is 18.7 Å². The molecule has 1 aliphatic heterocycles. The SMILES string of the molecule is CC(C)N1CCC(C)(C(=O)OCc2ccccc2)CC1. The molecule has 0 bridgehead atoms. The van der Waals surface area contributed by atoms with Crippen molar-refractivity contribution in [1.29, 1.82) is 0 Å². The molecule has 0 saturated carbocycles. The second-order valence-electron chi connectivity index (χ2n) is 6.25. The third-order valence-electron chi connectivity index (χ3n) is 4.34. The smallest absolute Gasteiger partial charge is 0.312 e. The molecule has 3 nitrogen and oxygen atoms in total. The largest absolute Gasteiger partial charge is 0.460 e. The van der Waals surface area contributed by atoms with E-state index in [0.29, 0.717) is 12.6 Å². The zero-order valence-corrected chi connectivity index (χ0v) is 12.8. The van der Waals surface area contributed by atoms with Crippen molar-refractivity contribution in [2.75, 3.05) is 13.1 Å². The van der Waals surface area contributed by atoms with Crippen molar-refractivity contribution in [1.82, 2.24) is 4.90 Å². The van der Waals surface area contributed by atoms with Gasteiger partial charge in [0, 0.05) is 6.04 Å². The van der Waals surface area contributed by atoms with Gasteiger partial charge in [0.2, 0.25) is 0 Å². The Morgan fingerprint density at radius 3 is 2.40 bits per heavy atom. The zero-order valence-electron chi connectivity index (χ0n) is 12.8. The van der Waals surface area contributed by atoms with Gasteiger partial charge in [-0.3, -0.25) is 4.79 Å². The van der Waals surface area contributed by atoms with Crippen molar-refractivity contribution in [2.24, 2.45) is 5.41 Å². The number of carbonyl (C=O) groups is 1. The minimum Gasteiger partial charge on any atom is -0.460 e. The average Bonchev–Trinajstić information content (AvgIpc) is 2.46. The molecule has 0 N–H and O–H groups in total. The van der Waals surface area contributed by atoms with Gasteiger partial charge in [-0.25, -0.2) is 0 Å². The summed E-state index contributed by atoms with van der Waals surface area (Å²) in [6.07, 6.45) is 1.78. The number of nitrogens with zero attached hydrogens (tertiary/aromatic N) is 1. The van der Waals surface area contributed by atoms with Gasteiger partial charge in [-0.15, -0.1) is 0 Å². The molecular weight excluding hydrogens is 250 g/mol. The first kappa shape index (κ1) is 15.0. The van der Waals surface area contributed by atoms with Crippen LogP contribution in [0.4, 0.5) is 0 Å². The zero-order chi connectivity index (χ0) is 14.6. The summed E-state index contributed by atoms with van der Waals surface area (Å²) < 4.78 is 5.51. The summed E-state index contributed by atoms with van der Waals surface area (Å²) in [7, 11) is 0. The Bertz CT molecular complexity index is 434. The summed E-state index contributed by atoms with van der Waals surface area (Å²) in [5, 5.41) is 0. The number of benzene rings is 1. The first-order valence-electron chi connectivity index (χ1n) is 7.46. The highest BCUT2D eigenvalue weighted by Gasteiger charge is 2.38. The highest BCUT2D eigenvalue weighted by Crippen LogP contribution is 2.33. The Kier molecular flexibility index (Phi) is 4.81. The van der Waals surface area contributed by atoms with E-state index in [1.54, 1.807) is 0 Å². The average molecular weight is 275 g/mol. The summed E-state index contributed by atoms with van der Waals surface area (Å²) in [6, 6.07) is 10.4. The maximum Gasteiger partial charge on any atom is 0.312 e. The van der Waals surface area contributed by atoms with Gasteiger partial charge in [0.05, 0.1) is 5.41 Å². The topological polar surface area (TPSA) is 29.5 Å². The lowest BCUT2D eigenvalue weighted by atomic mass is 9.80. The van der Waals surface area contributed by atoms with Gasteiger partial charge in [-0.2, -0.15) is 0 Å². The Labute approximate surface area is 121 Å². The van der Waals surface area contributed by atoms with E-state index in [9.17, 15) is 4.79 Å². The van der Waals surface area contributed by atoms with E-state index in [4.69, 9.17) is 4.74 Å². The molecular formula is C17H25NO2. The molecule has 1 heterocycles. The lowest BCUT2D eigenvalue weighted by molar-refractivity contribution is -0.159. The fourth-order valence-corrected chi connectivity index (χ4v) is 2.64. The molecule has 0 spiro atoms. The number of ether oxygens (including phenoxy) is 1. The molecule has 1 aromatic rings. The van der Waals surface area contributed by atoms with E-state index in [1.807, 2.05) is 37.3 Å². The minimum atomic E-state index is -0.319. The van der Waals surface area contributed by atoms with E-state index in [1.165, 1.54) is 0 Å². The van der Waals surface area contributed by atoms with Gasteiger partial charge in [0.25, 0.3) is 0 Å². The van der Waals surface area contributed by atoms with Crippen LogP contribution < -0.4 is 0 Å². The molecule has 0 radical (unpaired) electrons. The highest BCUT2D eigenvalue weighted by atomic mass is 16.5. The minimum absolute atomic E-state index is 0.0511. The maximum absolute atomic E-state index is 12.3. The maximum atomic E-state index is 12.3. The molecule has 2 rings (SSSR count). The molecule has 1 aliphatic rings. The van der Waals surface area contributed by atoms with Crippen molar-refractivity contribution < 1.29 is 9.53 Å². The van der Waals surface area contributed by atoms with Gasteiger partial charge in [0.1, 0.15) is 6.61 Å². The summed E-state index contributed by atoms with van der Waals surface area (Å²) in [5.41, 5.74) is 0.726. The summed E-state index contributed by atoms with van der Waals surface area (Å²) >= 11 is 0. The quantitative estimate of drug-likeness (QED) is 0.790. The molecule has 20 heavy (non-hydrogen) atoms. The number of esters is 1. The van der Waals surface area contributed by atoms with Crippen LogP contribution in [-0.4, -0.2) is 30.0 Å². The van der Waals surface area contributed by atoms with Gasteiger partial charge in [-0.05, 0) is 52.3 Å². The number of carbonyl (C=O) groups excluding carboxylic acids is 1. The van der Waals surface area contributed by atoms with Crippen LogP contribution in [0, 0.1) is 5.41 Å². The number of likely N-dealkylation sites (tertiary alicyclic amines) is 1. The molecule has 0 amide bonds. The van der Waals surface area contributed by atoms with Gasteiger partial charge in [0.15, 0.2) is 0 Å². The van der Waals surface area contributed by atoms with E-state index in [-0.39, 0.29) is 11.4 Å². The predicted molar refractivity (Wildman–Crippen MR) is 80.3 cm³/mol. The standard InChI is InChI=1S/C17H25NO2/c1-14(2)18-11-9-17(3,10-12-18)16(19)20-13-15-7-5-4-6-8-15/h4-8,14H,9-13H2,1-3H3. The van der Waals surface area contributed by atoms with Crippen molar-refractivity contribution in [2.45, 2.75) is 46.3 Å². The van der Waals surface area contributed by atoms with Crippen molar-refractivity contribution in [3.05, 3.63) is 35.9 Å². The van der Waals surface area contributed by atoms with Gasteiger partial charge < -0.3 is 9.64 Å². The van der Waals surface area contributed by atoms with Crippen LogP contribution in [-0.2, 0) is 16.1 Å². The fraction of sp³-hybridized carbons (Fsp3) is 0.588. The van der Waals surface area contributed by atoms with Crippen molar-refractivity contribution in [3.63, 3.8) is 0 Å². The van der Waals surface area contributed by atoms with Crippen LogP contribution >= 0.6 is 0 Å². The Morgan fingerprint density at radius 1 is 1.25 bits per heavy atom. The van der Waals surface area contributed by atoms with Gasteiger partial charge >= 0.3 is 5.97 Å². The summed E-state index contributed by atoms with van der Waals surface area (Å²) in [5.74, 6) is -0.0511. The molecule has 0 unspecified atom stereocenters. The van der Waals surface area contributed by atoms with Crippen LogP contribution in [0.25, 0.3) is 0 Å². The number of hydrogen-bond donors (Lipinski definition) is 0. The van der Waals surface area contributed by atoms with Crippen LogP contribution in [0.15, 0.2) is 30.3 Å². The second-order valence-corrected chi connectivity index (χ2v) is 6.25. The summed E-state index contributed by atoms with van der Waals surface area (Å²) in [4.78, 5) is 14.8. The second kappa shape index (κ2) is 6.40. The Hall–Kier alpha value is -1.35. The Morgan fingerprint density at radius 2 is 1.85 bits per heavy atom. The molecule has 1 aromatic carbocycles. The van der Waals surface area contributed by atoms with E-state index in [0.717, 1.165) is 31.5 Å². The van der Waals surface area contributed by atoms with Crippen LogP contribution in [0.3, 0.4) is 0 Å². The lowest BCUT2D eigenvalue weighted by Crippen LogP contribution is -2.45. The van der Waals surface area contributed by atoms with Gasteiger partial charge in [-0.1, -0.05) is 30.3 Å². The fourth-order valence-electron chi connectivity index (χ4n) is 2.64. The molecule has 1 saturated heterocycles. The van der Waals surface area contributed by atoms with Crippen LogP contribution in [0.5, 0.6) is 0 Å². The van der Waals surface area contributed by atoms with Crippen molar-refractivity contribution in [3.8, 4) is 0 Å². The molecule has 1 fully saturated rings.